The van der Waals surface area contributed by atoms with Gasteiger partial charge >= 0.3 is 0 Å². The summed E-state index contributed by atoms with van der Waals surface area (Å²) in [5, 5.41) is 7.80. The predicted molar refractivity (Wildman–Crippen MR) is 287 cm³/mol. The number of aryl methyl sites for hydroxylation is 6. The average Bonchev–Trinajstić information content (AvgIpc) is 3.30. The van der Waals surface area contributed by atoms with Crippen molar-refractivity contribution in [2.75, 3.05) is 9.80 Å². The first-order chi connectivity index (χ1) is 31.9. The van der Waals surface area contributed by atoms with Gasteiger partial charge in [0.1, 0.15) is 0 Å². The summed E-state index contributed by atoms with van der Waals surface area (Å²) in [6.45, 7) is 22.8. The summed E-state index contributed by atoms with van der Waals surface area (Å²) in [7, 11) is 0. The van der Waals surface area contributed by atoms with Crippen LogP contribution >= 0.6 is 0 Å². The Kier molecular flexibility index (Phi) is 11.0. The van der Waals surface area contributed by atoms with E-state index in [0.29, 0.717) is 0 Å². The van der Waals surface area contributed by atoms with Crippen LogP contribution in [0.1, 0.15) is 84.0 Å². The molecule has 0 aliphatic rings. The van der Waals surface area contributed by atoms with Crippen LogP contribution in [0.25, 0.3) is 54.6 Å². The van der Waals surface area contributed by atoms with Gasteiger partial charge in [0, 0.05) is 33.5 Å². The molecule has 326 valence electrons. The molecular weight excluding hydrogens is 797 g/mol. The van der Waals surface area contributed by atoms with E-state index in [1.165, 1.54) is 122 Å². The molecule has 0 aliphatic carbocycles. The largest absolute Gasteiger partial charge is 0.310 e. The molecule has 66 heavy (non-hydrogen) atoms. The molecule has 0 heterocycles. The molecule has 0 spiro atoms. The van der Waals surface area contributed by atoms with E-state index < -0.39 is 0 Å². The SMILES string of the molecule is Cc1cccc(N(c2cc(-c3ccccc3C)ccc2C)c2cc(C(C)C)c3ccc4c(N(c5cccc(C)c5)c5cc(-c6ccccc6C)ccc5C)cc(C(C)C)c5ccc2c3c54)c1. The maximum Gasteiger partial charge on any atom is 0.0543 e. The van der Waals surface area contributed by atoms with Gasteiger partial charge in [-0.25, -0.2) is 0 Å². The smallest absolute Gasteiger partial charge is 0.0543 e. The minimum atomic E-state index is 0.284. The highest BCUT2D eigenvalue weighted by Gasteiger charge is 2.27. The number of nitrogens with zero attached hydrogens (tertiary/aromatic N) is 2. The third kappa shape index (κ3) is 7.39. The zero-order chi connectivity index (χ0) is 46.0. The van der Waals surface area contributed by atoms with Crippen LogP contribution in [-0.2, 0) is 0 Å². The van der Waals surface area contributed by atoms with Gasteiger partial charge in [-0.2, -0.15) is 0 Å². The minimum Gasteiger partial charge on any atom is -0.310 e. The Hall–Kier alpha value is -7.16. The van der Waals surface area contributed by atoms with Gasteiger partial charge in [-0.05, 0) is 190 Å². The zero-order valence-electron chi connectivity index (χ0n) is 40.2. The summed E-state index contributed by atoms with van der Waals surface area (Å²) in [6.07, 6.45) is 0. The quantitative estimate of drug-likeness (QED) is 0.126. The van der Waals surface area contributed by atoms with Crippen molar-refractivity contribution in [1.29, 1.82) is 0 Å². The number of rotatable bonds is 10. The first-order valence-corrected chi connectivity index (χ1v) is 23.7. The number of hydrogen-bond donors (Lipinski definition) is 0. The Morgan fingerprint density at radius 1 is 0.318 bits per heavy atom. The minimum absolute atomic E-state index is 0.284. The van der Waals surface area contributed by atoms with Crippen LogP contribution in [0.4, 0.5) is 34.1 Å². The second kappa shape index (κ2) is 17.0. The lowest BCUT2D eigenvalue weighted by Gasteiger charge is -2.33. The molecule has 0 bridgehead atoms. The maximum absolute atomic E-state index is 2.55. The third-order valence-corrected chi connectivity index (χ3v) is 14.0. The van der Waals surface area contributed by atoms with Crippen molar-refractivity contribution in [3.63, 3.8) is 0 Å². The van der Waals surface area contributed by atoms with E-state index in [0.717, 1.165) is 11.4 Å². The fraction of sp³-hybridized carbons (Fsp3) is 0.188. The van der Waals surface area contributed by atoms with Crippen LogP contribution in [0.2, 0.25) is 0 Å². The van der Waals surface area contributed by atoms with Crippen LogP contribution in [-0.4, -0.2) is 0 Å². The predicted octanol–water partition coefficient (Wildman–Crippen LogP) is 19.0. The van der Waals surface area contributed by atoms with Crippen molar-refractivity contribution in [2.45, 2.75) is 81.1 Å². The molecule has 0 amide bonds. The lowest BCUT2D eigenvalue weighted by Crippen LogP contribution is -2.14. The molecule has 0 radical (unpaired) electrons. The van der Waals surface area contributed by atoms with Gasteiger partial charge < -0.3 is 9.80 Å². The van der Waals surface area contributed by atoms with Crippen molar-refractivity contribution >= 4 is 66.4 Å². The maximum atomic E-state index is 2.55. The Balaban J connectivity index is 1.32. The molecule has 0 fully saturated rings. The van der Waals surface area contributed by atoms with Crippen LogP contribution in [0.5, 0.6) is 0 Å². The standard InChI is InChI=1S/C64H60N2/c1-39(2)57-37-61(65(49-21-15-17-41(5)33-49)59-35-47(27-25-45(59)9)51-23-13-11-19-43(51)7)55-32-30-54-58(40(3)4)38-62(56-31-29-53(57)63(55)64(54)56)66(50-22-16-18-42(6)34-50)60-36-48(28-26-46(60)10)52-24-14-12-20-44(52)8/h11-40H,1-10H3. The van der Waals surface area contributed by atoms with Gasteiger partial charge in [0.25, 0.3) is 0 Å². The van der Waals surface area contributed by atoms with Crippen molar-refractivity contribution < 1.29 is 0 Å². The summed E-state index contributed by atoms with van der Waals surface area (Å²) < 4.78 is 0. The van der Waals surface area contributed by atoms with Crippen LogP contribution in [0.15, 0.2) is 170 Å². The van der Waals surface area contributed by atoms with E-state index in [2.05, 4.69) is 249 Å². The highest BCUT2D eigenvalue weighted by molar-refractivity contribution is 6.29. The molecule has 0 atom stereocenters. The molecule has 0 unspecified atom stereocenters. The van der Waals surface area contributed by atoms with Crippen LogP contribution in [0.3, 0.4) is 0 Å². The Morgan fingerprint density at radius 3 is 1.09 bits per heavy atom. The second-order valence-electron chi connectivity index (χ2n) is 19.3. The summed E-state index contributed by atoms with van der Waals surface area (Å²) in [4.78, 5) is 5.09. The Labute approximate surface area is 392 Å². The van der Waals surface area contributed by atoms with E-state index in [-0.39, 0.29) is 11.8 Å². The first-order valence-electron chi connectivity index (χ1n) is 23.7. The first kappa shape index (κ1) is 42.8. The van der Waals surface area contributed by atoms with Gasteiger partial charge in [-0.1, -0.05) is 149 Å². The van der Waals surface area contributed by atoms with Crippen molar-refractivity contribution in [2.24, 2.45) is 0 Å². The molecule has 0 aliphatic heterocycles. The summed E-state index contributed by atoms with van der Waals surface area (Å²) in [6, 6.07) is 64.2. The van der Waals surface area contributed by atoms with Crippen LogP contribution < -0.4 is 9.80 Å². The number of anilines is 6. The third-order valence-electron chi connectivity index (χ3n) is 14.0. The highest BCUT2D eigenvalue weighted by atomic mass is 15.2. The fourth-order valence-electron chi connectivity index (χ4n) is 10.5. The highest BCUT2D eigenvalue weighted by Crippen LogP contribution is 2.52. The van der Waals surface area contributed by atoms with Gasteiger partial charge in [-0.3, -0.25) is 0 Å². The summed E-state index contributed by atoms with van der Waals surface area (Å²) >= 11 is 0. The number of benzene rings is 10. The molecule has 10 rings (SSSR count). The summed E-state index contributed by atoms with van der Waals surface area (Å²) in [5.41, 5.74) is 22.2. The number of hydrogen-bond acceptors (Lipinski definition) is 2. The van der Waals surface area contributed by atoms with Gasteiger partial charge in [0.15, 0.2) is 0 Å². The normalized spacial score (nSPS) is 11.8. The second-order valence-corrected chi connectivity index (χ2v) is 19.3. The molecule has 0 aromatic heterocycles. The van der Waals surface area contributed by atoms with Crippen LogP contribution in [0, 0.1) is 41.5 Å². The average molecular weight is 857 g/mol. The van der Waals surface area contributed by atoms with Crippen molar-refractivity contribution in [3.05, 3.63) is 214 Å². The van der Waals surface area contributed by atoms with Gasteiger partial charge in [-0.15, -0.1) is 0 Å². The topological polar surface area (TPSA) is 6.48 Å². The molecule has 10 aromatic rings. The molecule has 0 N–H and O–H groups in total. The lowest BCUT2D eigenvalue weighted by molar-refractivity contribution is 0.875. The molecule has 0 saturated heterocycles. The Bertz CT molecular complexity index is 3230. The van der Waals surface area contributed by atoms with E-state index in [9.17, 15) is 0 Å². The Morgan fingerprint density at radius 2 is 0.712 bits per heavy atom. The molecule has 0 saturated carbocycles. The van der Waals surface area contributed by atoms with E-state index in [1.54, 1.807) is 0 Å². The van der Waals surface area contributed by atoms with E-state index in [1.807, 2.05) is 0 Å². The summed E-state index contributed by atoms with van der Waals surface area (Å²) in [5.74, 6) is 0.568. The van der Waals surface area contributed by atoms with Gasteiger partial charge in [0.2, 0.25) is 0 Å². The molecule has 2 heteroatoms. The monoisotopic (exact) mass is 856 g/mol. The fourth-order valence-corrected chi connectivity index (χ4v) is 10.5. The van der Waals surface area contributed by atoms with Gasteiger partial charge in [0.05, 0.1) is 11.4 Å². The molecule has 2 nitrogen and oxygen atoms in total. The molecule has 10 aromatic carbocycles. The van der Waals surface area contributed by atoms with E-state index in [4.69, 9.17) is 0 Å². The van der Waals surface area contributed by atoms with Crippen molar-refractivity contribution in [1.82, 2.24) is 0 Å². The lowest BCUT2D eigenvalue weighted by atomic mass is 9.84. The van der Waals surface area contributed by atoms with Crippen molar-refractivity contribution in [3.8, 4) is 22.3 Å². The zero-order valence-corrected chi connectivity index (χ0v) is 40.2. The van der Waals surface area contributed by atoms with E-state index >= 15 is 0 Å². The molecular formula is C64H60N2.